The summed E-state index contributed by atoms with van der Waals surface area (Å²) in [7, 11) is 0. The summed E-state index contributed by atoms with van der Waals surface area (Å²) in [5, 5.41) is 13.4. The fourth-order valence-corrected chi connectivity index (χ4v) is 2.11. The second kappa shape index (κ2) is 5.25. The summed E-state index contributed by atoms with van der Waals surface area (Å²) in [5.74, 6) is -0.0560. The van der Waals surface area contributed by atoms with Crippen molar-refractivity contribution < 1.29 is 9.90 Å². The summed E-state index contributed by atoms with van der Waals surface area (Å²) in [5.41, 5.74) is 2.73. The van der Waals surface area contributed by atoms with Gasteiger partial charge in [-0.05, 0) is 42.8 Å². The van der Waals surface area contributed by atoms with E-state index in [1.54, 1.807) is 37.4 Å². The van der Waals surface area contributed by atoms with E-state index < -0.39 is 0 Å². The number of nitrogens with one attached hydrogen (secondary N) is 1. The van der Waals surface area contributed by atoms with Crippen LogP contribution in [0.1, 0.15) is 15.9 Å². The minimum Gasteiger partial charge on any atom is -0.508 e. The number of phenolic OH excluding ortho intramolecular Hbond substituents is 1. The smallest absolute Gasteiger partial charge is 0.255 e. The predicted molar refractivity (Wildman–Crippen MR) is 82.5 cm³/mol. The third kappa shape index (κ3) is 2.69. The van der Waals surface area contributed by atoms with E-state index in [0.29, 0.717) is 11.3 Å². The highest BCUT2D eigenvalue weighted by Gasteiger charge is 2.08. The van der Waals surface area contributed by atoms with Crippen molar-refractivity contribution in [3.63, 3.8) is 0 Å². The first kappa shape index (κ1) is 13.1. The normalized spacial score (nSPS) is 10.5. The number of benzene rings is 2. The van der Waals surface area contributed by atoms with E-state index in [9.17, 15) is 9.90 Å². The van der Waals surface area contributed by atoms with Crippen LogP contribution in [0.3, 0.4) is 0 Å². The van der Waals surface area contributed by atoms with E-state index in [0.717, 1.165) is 16.5 Å². The first-order valence-corrected chi connectivity index (χ1v) is 6.59. The summed E-state index contributed by atoms with van der Waals surface area (Å²) in [6, 6.07) is 14.2. The molecule has 0 aliphatic carbocycles. The van der Waals surface area contributed by atoms with Crippen LogP contribution in [-0.2, 0) is 0 Å². The predicted octanol–water partition coefficient (Wildman–Crippen LogP) is 3.50. The number of pyridine rings is 1. The Hall–Kier alpha value is -2.88. The maximum absolute atomic E-state index is 12.2. The Morgan fingerprint density at radius 1 is 1.14 bits per heavy atom. The van der Waals surface area contributed by atoms with Gasteiger partial charge in [0, 0.05) is 28.9 Å². The number of amides is 1. The van der Waals surface area contributed by atoms with Gasteiger partial charge < -0.3 is 10.4 Å². The van der Waals surface area contributed by atoms with Gasteiger partial charge in [0.2, 0.25) is 0 Å². The molecule has 2 N–H and O–H groups in total. The van der Waals surface area contributed by atoms with E-state index in [2.05, 4.69) is 10.3 Å². The molecule has 3 aromatic rings. The first-order chi connectivity index (χ1) is 10.1. The number of aryl methyl sites for hydroxylation is 1. The van der Waals surface area contributed by atoms with Crippen molar-refractivity contribution in [1.29, 1.82) is 0 Å². The molecule has 1 heterocycles. The Morgan fingerprint density at radius 2 is 2.00 bits per heavy atom. The lowest BCUT2D eigenvalue weighted by atomic mass is 10.1. The van der Waals surface area contributed by atoms with Gasteiger partial charge in [-0.2, -0.15) is 0 Å². The van der Waals surface area contributed by atoms with Crippen molar-refractivity contribution in [3.8, 4) is 5.75 Å². The third-order valence-electron chi connectivity index (χ3n) is 3.33. The minimum absolute atomic E-state index is 0.163. The summed E-state index contributed by atoms with van der Waals surface area (Å²) in [4.78, 5) is 16.5. The van der Waals surface area contributed by atoms with Crippen LogP contribution in [0.5, 0.6) is 5.75 Å². The van der Waals surface area contributed by atoms with Crippen LogP contribution in [0.15, 0.2) is 54.7 Å². The third-order valence-corrected chi connectivity index (χ3v) is 3.33. The largest absolute Gasteiger partial charge is 0.508 e. The van der Waals surface area contributed by atoms with Crippen molar-refractivity contribution in [2.75, 3.05) is 5.32 Å². The van der Waals surface area contributed by atoms with Crippen molar-refractivity contribution in [1.82, 2.24) is 4.98 Å². The number of hydrogen-bond acceptors (Lipinski definition) is 3. The zero-order chi connectivity index (χ0) is 14.8. The number of aromatic hydroxyl groups is 1. The molecule has 0 bridgehead atoms. The van der Waals surface area contributed by atoms with Crippen LogP contribution in [0.2, 0.25) is 0 Å². The van der Waals surface area contributed by atoms with Crippen LogP contribution < -0.4 is 5.32 Å². The van der Waals surface area contributed by atoms with Gasteiger partial charge in [0.15, 0.2) is 0 Å². The van der Waals surface area contributed by atoms with Crippen LogP contribution >= 0.6 is 0 Å². The van der Waals surface area contributed by atoms with Crippen molar-refractivity contribution in [3.05, 3.63) is 65.9 Å². The van der Waals surface area contributed by atoms with Gasteiger partial charge in [-0.15, -0.1) is 0 Å². The number of carbonyl (C=O) groups excluding carboxylic acids is 1. The highest BCUT2D eigenvalue weighted by molar-refractivity contribution is 6.06. The van der Waals surface area contributed by atoms with E-state index in [-0.39, 0.29) is 11.7 Å². The molecule has 0 saturated carbocycles. The zero-order valence-electron chi connectivity index (χ0n) is 11.5. The SMILES string of the molecule is Cc1ccc(NC(=O)c2ccc3ncccc3c2)cc1O. The number of aromatic nitrogens is 1. The van der Waals surface area contributed by atoms with Crippen LogP contribution in [0, 0.1) is 6.92 Å². The topological polar surface area (TPSA) is 62.2 Å². The molecule has 4 nitrogen and oxygen atoms in total. The molecule has 1 aromatic heterocycles. The van der Waals surface area contributed by atoms with Crippen LogP contribution in [0.25, 0.3) is 10.9 Å². The minimum atomic E-state index is -0.219. The lowest BCUT2D eigenvalue weighted by Gasteiger charge is -2.07. The standard InChI is InChI=1S/C17H14N2O2/c1-11-4-6-14(10-16(11)20)19-17(21)13-5-7-15-12(9-13)3-2-8-18-15/h2-10,20H,1H3,(H,19,21). The molecule has 4 heteroatoms. The maximum atomic E-state index is 12.2. The average molecular weight is 278 g/mol. The molecule has 0 fully saturated rings. The zero-order valence-corrected chi connectivity index (χ0v) is 11.5. The molecule has 3 rings (SSSR count). The van der Waals surface area contributed by atoms with E-state index in [4.69, 9.17) is 0 Å². The molecule has 104 valence electrons. The molecular weight excluding hydrogens is 264 g/mol. The Morgan fingerprint density at radius 3 is 2.81 bits per heavy atom. The van der Waals surface area contributed by atoms with E-state index in [1.165, 1.54) is 6.07 Å². The molecule has 0 saturated heterocycles. The lowest BCUT2D eigenvalue weighted by molar-refractivity contribution is 0.102. The maximum Gasteiger partial charge on any atom is 0.255 e. The monoisotopic (exact) mass is 278 g/mol. The summed E-state index contributed by atoms with van der Waals surface area (Å²) in [6.45, 7) is 1.80. The number of anilines is 1. The summed E-state index contributed by atoms with van der Waals surface area (Å²) >= 11 is 0. The molecule has 0 spiro atoms. The molecule has 2 aromatic carbocycles. The van der Waals surface area contributed by atoms with Crippen molar-refractivity contribution >= 4 is 22.5 Å². The molecule has 0 unspecified atom stereocenters. The fourth-order valence-electron chi connectivity index (χ4n) is 2.11. The van der Waals surface area contributed by atoms with Crippen molar-refractivity contribution in [2.24, 2.45) is 0 Å². The second-order valence-electron chi connectivity index (χ2n) is 4.87. The lowest BCUT2D eigenvalue weighted by Crippen LogP contribution is -2.11. The van der Waals surface area contributed by atoms with E-state index in [1.807, 2.05) is 18.2 Å². The Bertz CT molecular complexity index is 828. The molecular formula is C17H14N2O2. The van der Waals surface area contributed by atoms with Gasteiger partial charge in [0.05, 0.1) is 5.52 Å². The molecule has 21 heavy (non-hydrogen) atoms. The molecule has 0 aliphatic heterocycles. The number of carbonyl (C=O) groups is 1. The van der Waals surface area contributed by atoms with E-state index >= 15 is 0 Å². The van der Waals surface area contributed by atoms with Crippen LogP contribution in [-0.4, -0.2) is 16.0 Å². The Labute approximate surface area is 122 Å². The Balaban J connectivity index is 1.87. The number of hydrogen-bond donors (Lipinski definition) is 2. The molecule has 0 atom stereocenters. The molecule has 0 aliphatic rings. The fraction of sp³-hybridized carbons (Fsp3) is 0.0588. The van der Waals surface area contributed by atoms with Gasteiger partial charge in [0.1, 0.15) is 5.75 Å². The van der Waals surface area contributed by atoms with Gasteiger partial charge in [-0.1, -0.05) is 12.1 Å². The van der Waals surface area contributed by atoms with Crippen LogP contribution in [0.4, 0.5) is 5.69 Å². The molecule has 0 radical (unpaired) electrons. The van der Waals surface area contributed by atoms with Gasteiger partial charge in [-0.3, -0.25) is 9.78 Å². The van der Waals surface area contributed by atoms with Gasteiger partial charge in [0.25, 0.3) is 5.91 Å². The number of rotatable bonds is 2. The first-order valence-electron chi connectivity index (χ1n) is 6.59. The highest BCUT2D eigenvalue weighted by Crippen LogP contribution is 2.21. The summed E-state index contributed by atoms with van der Waals surface area (Å²) in [6.07, 6.45) is 1.72. The number of nitrogens with zero attached hydrogens (tertiary/aromatic N) is 1. The molecule has 1 amide bonds. The van der Waals surface area contributed by atoms with Gasteiger partial charge >= 0.3 is 0 Å². The Kier molecular flexibility index (Phi) is 3.28. The summed E-state index contributed by atoms with van der Waals surface area (Å²) < 4.78 is 0. The van der Waals surface area contributed by atoms with Crippen molar-refractivity contribution in [2.45, 2.75) is 6.92 Å². The number of fused-ring (bicyclic) bond motifs is 1. The highest BCUT2D eigenvalue weighted by atomic mass is 16.3. The quantitative estimate of drug-likeness (QED) is 0.754. The van der Waals surface area contributed by atoms with Gasteiger partial charge in [-0.25, -0.2) is 0 Å². The average Bonchev–Trinajstić information content (AvgIpc) is 2.50. The second-order valence-corrected chi connectivity index (χ2v) is 4.87. The number of phenols is 1.